The molecule has 0 fully saturated rings. The molecule has 0 aliphatic rings. The molecule has 8 heteroatoms. The van der Waals surface area contributed by atoms with Gasteiger partial charge in [0.05, 0.1) is 5.69 Å². The minimum Gasteiger partial charge on any atom is -0.325 e. The van der Waals surface area contributed by atoms with Crippen LogP contribution in [0.15, 0.2) is 29.2 Å². The van der Waals surface area contributed by atoms with Crippen LogP contribution in [0.5, 0.6) is 0 Å². The molecule has 3 nitrogen and oxygen atoms in total. The smallest absolute Gasteiger partial charge is 0.325 e. The molecule has 20 heavy (non-hydrogen) atoms. The van der Waals surface area contributed by atoms with Crippen molar-refractivity contribution in [2.24, 2.45) is 5.92 Å². The van der Waals surface area contributed by atoms with Gasteiger partial charge in [0.15, 0.2) is 0 Å². The van der Waals surface area contributed by atoms with Crippen molar-refractivity contribution in [2.75, 3.05) is 18.9 Å². The van der Waals surface area contributed by atoms with Gasteiger partial charge in [-0.05, 0) is 30.9 Å². The van der Waals surface area contributed by atoms with E-state index in [0.717, 1.165) is 0 Å². The molecule has 0 bridgehead atoms. The maximum atomic E-state index is 12.4. The van der Waals surface area contributed by atoms with Gasteiger partial charge in [-0.25, -0.2) is 0 Å². The van der Waals surface area contributed by atoms with E-state index in [0.29, 0.717) is 6.54 Å². The predicted molar refractivity (Wildman–Crippen MR) is 77.3 cm³/mol. The summed E-state index contributed by atoms with van der Waals surface area (Å²) >= 11 is -0.236. The topological polar surface area (TPSA) is 41.1 Å². The minimum absolute atomic E-state index is 0. The van der Waals surface area contributed by atoms with Crippen LogP contribution in [0.3, 0.4) is 0 Å². The molecule has 2 N–H and O–H groups in total. The van der Waals surface area contributed by atoms with Crippen LogP contribution >= 0.6 is 24.2 Å². The molecule has 0 aromatic heterocycles. The molecule has 1 atom stereocenters. The molecule has 0 aliphatic heterocycles. The van der Waals surface area contributed by atoms with Gasteiger partial charge in [-0.2, -0.15) is 13.2 Å². The number of thioether (sulfide) groups is 1. The third-order valence-corrected chi connectivity index (χ3v) is 3.14. The number of halogens is 4. The lowest BCUT2D eigenvalue weighted by atomic mass is 10.1. The van der Waals surface area contributed by atoms with Crippen LogP contribution in [0.2, 0.25) is 0 Å². The van der Waals surface area contributed by atoms with Crippen LogP contribution in [-0.4, -0.2) is 25.0 Å². The maximum Gasteiger partial charge on any atom is 0.446 e. The first-order valence-corrected chi connectivity index (χ1v) is 6.45. The van der Waals surface area contributed by atoms with Gasteiger partial charge in [0.25, 0.3) is 0 Å². The van der Waals surface area contributed by atoms with Gasteiger partial charge in [0.1, 0.15) is 0 Å². The molecular formula is C12H16ClF3N2OS. The molecule has 1 aromatic rings. The van der Waals surface area contributed by atoms with E-state index in [4.69, 9.17) is 0 Å². The molecule has 114 valence electrons. The maximum absolute atomic E-state index is 12.4. The molecular weight excluding hydrogens is 313 g/mol. The van der Waals surface area contributed by atoms with Gasteiger partial charge < -0.3 is 10.6 Å². The Balaban J connectivity index is 0.00000361. The first-order valence-electron chi connectivity index (χ1n) is 5.63. The summed E-state index contributed by atoms with van der Waals surface area (Å²) in [5.74, 6) is -0.640. The summed E-state index contributed by atoms with van der Waals surface area (Å²) in [5.41, 5.74) is -4.20. The first kappa shape index (κ1) is 19.1. The van der Waals surface area contributed by atoms with E-state index >= 15 is 0 Å². The van der Waals surface area contributed by atoms with E-state index in [9.17, 15) is 18.0 Å². The largest absolute Gasteiger partial charge is 0.446 e. The molecule has 0 saturated heterocycles. The Morgan fingerprint density at radius 1 is 1.35 bits per heavy atom. The second-order valence-electron chi connectivity index (χ2n) is 3.99. The Morgan fingerprint density at radius 3 is 2.50 bits per heavy atom. The van der Waals surface area contributed by atoms with Crippen molar-refractivity contribution < 1.29 is 18.0 Å². The third-order valence-electron chi connectivity index (χ3n) is 2.33. The molecule has 1 aromatic carbocycles. The van der Waals surface area contributed by atoms with Crippen molar-refractivity contribution in [2.45, 2.75) is 17.3 Å². The number of alkyl halides is 3. The second-order valence-corrected chi connectivity index (χ2v) is 5.10. The average molecular weight is 329 g/mol. The summed E-state index contributed by atoms with van der Waals surface area (Å²) in [6.45, 7) is 2.16. The highest BCUT2D eigenvalue weighted by molar-refractivity contribution is 8.00. The number of hydrogen-bond donors (Lipinski definition) is 2. The Bertz CT molecular complexity index is 443. The molecule has 1 amide bonds. The Morgan fingerprint density at radius 2 is 1.95 bits per heavy atom. The van der Waals surface area contributed by atoms with Crippen molar-refractivity contribution in [3.8, 4) is 0 Å². The highest BCUT2D eigenvalue weighted by Gasteiger charge is 2.30. The SMILES string of the molecule is CNCC(C)C(=O)Nc1ccccc1SC(F)(F)F.Cl. The lowest BCUT2D eigenvalue weighted by Gasteiger charge is -2.15. The molecule has 0 heterocycles. The molecule has 0 radical (unpaired) electrons. The lowest BCUT2D eigenvalue weighted by Crippen LogP contribution is -2.28. The normalized spacial score (nSPS) is 12.4. The zero-order chi connectivity index (χ0) is 14.5. The van der Waals surface area contributed by atoms with Crippen LogP contribution in [-0.2, 0) is 4.79 Å². The lowest BCUT2D eigenvalue weighted by molar-refractivity contribution is -0.119. The molecule has 1 rings (SSSR count). The van der Waals surface area contributed by atoms with Gasteiger partial charge >= 0.3 is 5.51 Å². The van der Waals surface area contributed by atoms with Crippen LogP contribution in [0.25, 0.3) is 0 Å². The van der Waals surface area contributed by atoms with Gasteiger partial charge in [-0.15, -0.1) is 12.4 Å². The summed E-state index contributed by atoms with van der Waals surface area (Å²) in [5, 5.41) is 5.36. The highest BCUT2D eigenvalue weighted by atomic mass is 35.5. The van der Waals surface area contributed by atoms with Crippen molar-refractivity contribution in [3.05, 3.63) is 24.3 Å². The number of nitrogens with one attached hydrogen (secondary N) is 2. The van der Waals surface area contributed by atoms with Gasteiger partial charge in [0, 0.05) is 17.4 Å². The summed E-state index contributed by atoms with van der Waals surface area (Å²) in [6.07, 6.45) is 0. The first-order chi connectivity index (χ1) is 8.83. The fourth-order valence-electron chi connectivity index (χ4n) is 1.44. The Kier molecular flexibility index (Phi) is 8.00. The van der Waals surface area contributed by atoms with E-state index in [1.807, 2.05) is 0 Å². The fraction of sp³-hybridized carbons (Fsp3) is 0.417. The Hall–Kier alpha value is -0.920. The summed E-state index contributed by atoms with van der Waals surface area (Å²) in [4.78, 5) is 11.8. The van der Waals surface area contributed by atoms with Crippen molar-refractivity contribution in [1.82, 2.24) is 5.32 Å². The van der Waals surface area contributed by atoms with Crippen LogP contribution in [0, 0.1) is 5.92 Å². The molecule has 0 aliphatic carbocycles. The van der Waals surface area contributed by atoms with E-state index in [-0.39, 0.29) is 46.6 Å². The Labute approximate surface area is 126 Å². The molecule has 1 unspecified atom stereocenters. The van der Waals surface area contributed by atoms with Crippen LogP contribution in [0.1, 0.15) is 6.92 Å². The van der Waals surface area contributed by atoms with Crippen LogP contribution < -0.4 is 10.6 Å². The number of amides is 1. The number of carbonyl (C=O) groups is 1. The zero-order valence-corrected chi connectivity index (χ0v) is 12.6. The third kappa shape index (κ3) is 6.49. The monoisotopic (exact) mass is 328 g/mol. The van der Waals surface area contributed by atoms with Crippen molar-refractivity contribution in [1.29, 1.82) is 0 Å². The van der Waals surface area contributed by atoms with E-state index < -0.39 is 5.51 Å². The molecule has 0 saturated carbocycles. The summed E-state index contributed by atoms with van der Waals surface area (Å²) < 4.78 is 37.1. The van der Waals surface area contributed by atoms with Crippen molar-refractivity contribution in [3.63, 3.8) is 0 Å². The number of para-hydroxylation sites is 1. The van der Waals surface area contributed by atoms with Gasteiger partial charge in [0.2, 0.25) is 5.91 Å². The number of hydrogen-bond acceptors (Lipinski definition) is 3. The average Bonchev–Trinajstić information content (AvgIpc) is 2.30. The number of rotatable bonds is 5. The predicted octanol–water partition coefficient (Wildman–Crippen LogP) is 3.51. The summed E-state index contributed by atoms with van der Waals surface area (Å²) in [6, 6.07) is 5.87. The number of benzene rings is 1. The van der Waals surface area contributed by atoms with E-state index in [1.54, 1.807) is 20.0 Å². The summed E-state index contributed by atoms with van der Waals surface area (Å²) in [7, 11) is 1.71. The van der Waals surface area contributed by atoms with Gasteiger partial charge in [-0.1, -0.05) is 19.1 Å². The zero-order valence-electron chi connectivity index (χ0n) is 11.0. The quantitative estimate of drug-likeness (QED) is 0.813. The molecule has 0 spiro atoms. The standard InChI is InChI=1S/C12H15F3N2OS.ClH/c1-8(7-16-2)11(18)17-9-5-3-4-6-10(9)19-12(13,14)15;/h3-6,8,16H,7H2,1-2H3,(H,17,18);1H. The fourth-order valence-corrected chi connectivity index (χ4v) is 2.06. The van der Waals surface area contributed by atoms with E-state index in [2.05, 4.69) is 10.6 Å². The van der Waals surface area contributed by atoms with E-state index in [1.165, 1.54) is 18.2 Å². The van der Waals surface area contributed by atoms with Crippen molar-refractivity contribution >= 4 is 35.8 Å². The number of carbonyl (C=O) groups excluding carboxylic acids is 1. The van der Waals surface area contributed by atoms with Crippen LogP contribution in [0.4, 0.5) is 18.9 Å². The number of anilines is 1. The van der Waals surface area contributed by atoms with Gasteiger partial charge in [-0.3, -0.25) is 4.79 Å². The minimum atomic E-state index is -4.38. The second kappa shape index (κ2) is 8.39. The highest BCUT2D eigenvalue weighted by Crippen LogP contribution is 2.40.